The van der Waals surface area contributed by atoms with Crippen molar-refractivity contribution in [3.05, 3.63) is 65.6 Å². The van der Waals surface area contributed by atoms with E-state index in [-0.39, 0.29) is 24.0 Å². The van der Waals surface area contributed by atoms with Gasteiger partial charge in [0.05, 0.1) is 0 Å². The molecule has 0 radical (unpaired) electrons. The number of halogens is 1. The van der Waals surface area contributed by atoms with Crippen molar-refractivity contribution < 1.29 is 0 Å². The van der Waals surface area contributed by atoms with E-state index in [2.05, 4.69) is 70.8 Å². The lowest BCUT2D eigenvalue weighted by Gasteiger charge is -2.38. The number of nitrogens with one attached hydrogen (secondary N) is 2. The van der Waals surface area contributed by atoms with E-state index in [1.807, 2.05) is 28.8 Å². The van der Waals surface area contributed by atoms with Crippen molar-refractivity contribution >= 4 is 35.6 Å². The number of aliphatic imine (C=N–C) groups is 1. The second kappa shape index (κ2) is 11.6. The summed E-state index contributed by atoms with van der Waals surface area (Å²) in [5.74, 6) is 2.19. The molecule has 4 rings (SSSR count). The average molecular weight is 547 g/mol. The summed E-state index contributed by atoms with van der Waals surface area (Å²) in [7, 11) is 0. The first kappa shape index (κ1) is 24.4. The van der Waals surface area contributed by atoms with Crippen molar-refractivity contribution in [2.75, 3.05) is 19.6 Å². The topological polar surface area (TPSA) is 69.8 Å². The molecular weight excluding hydrogens is 513 g/mol. The van der Waals surface area contributed by atoms with Gasteiger partial charge < -0.3 is 10.6 Å². The predicted molar refractivity (Wildman–Crippen MR) is 140 cm³/mol. The first-order chi connectivity index (χ1) is 15.2. The van der Waals surface area contributed by atoms with Crippen molar-refractivity contribution in [1.29, 1.82) is 0 Å². The van der Waals surface area contributed by atoms with Gasteiger partial charge in [-0.15, -0.1) is 34.2 Å². The van der Waals surface area contributed by atoms with Crippen LogP contribution in [0, 0.1) is 5.92 Å². The molecule has 0 spiro atoms. The smallest absolute Gasteiger partial charge is 0.191 e. The third-order valence-electron chi connectivity index (χ3n) is 5.98. The molecule has 1 aliphatic rings. The van der Waals surface area contributed by atoms with Gasteiger partial charge in [-0.05, 0) is 42.5 Å². The molecule has 0 amide bonds. The molecule has 1 unspecified atom stereocenters. The van der Waals surface area contributed by atoms with E-state index in [0.717, 1.165) is 50.0 Å². The quantitative estimate of drug-likeness (QED) is 0.269. The maximum absolute atomic E-state index is 4.77. The van der Waals surface area contributed by atoms with Gasteiger partial charge in [0.1, 0.15) is 6.54 Å². The fourth-order valence-electron chi connectivity index (χ4n) is 4.28. The Hall–Kier alpha value is -2.20. The van der Waals surface area contributed by atoms with Gasteiger partial charge in [0.2, 0.25) is 0 Å². The SMILES string of the molecule is CCNC(=NCc1nnc2ccccn12)NCC(C(C)C)N1CCc2ccccc2C1.I. The number of hydrogen-bond acceptors (Lipinski definition) is 4. The molecule has 172 valence electrons. The molecule has 0 saturated heterocycles. The van der Waals surface area contributed by atoms with Crippen molar-refractivity contribution in [3.8, 4) is 0 Å². The molecule has 0 bridgehead atoms. The molecule has 8 heteroatoms. The highest BCUT2D eigenvalue weighted by Gasteiger charge is 2.25. The van der Waals surface area contributed by atoms with Crippen LogP contribution in [0.2, 0.25) is 0 Å². The van der Waals surface area contributed by atoms with Crippen LogP contribution in [-0.4, -0.2) is 51.1 Å². The van der Waals surface area contributed by atoms with E-state index in [1.54, 1.807) is 0 Å². The van der Waals surface area contributed by atoms with Gasteiger partial charge in [0.15, 0.2) is 17.4 Å². The molecule has 0 aliphatic carbocycles. The van der Waals surface area contributed by atoms with Crippen LogP contribution in [0.4, 0.5) is 0 Å². The Labute approximate surface area is 207 Å². The number of pyridine rings is 1. The second-order valence-corrected chi connectivity index (χ2v) is 8.42. The fraction of sp³-hybridized carbons (Fsp3) is 0.458. The molecular formula is C24H34IN7. The van der Waals surface area contributed by atoms with Crippen molar-refractivity contribution in [1.82, 2.24) is 30.1 Å². The molecule has 1 atom stereocenters. The minimum absolute atomic E-state index is 0. The highest BCUT2D eigenvalue weighted by molar-refractivity contribution is 14.0. The van der Waals surface area contributed by atoms with Gasteiger partial charge in [-0.2, -0.15) is 0 Å². The minimum Gasteiger partial charge on any atom is -0.357 e. The summed E-state index contributed by atoms with van der Waals surface area (Å²) in [6.45, 7) is 11.0. The number of aromatic nitrogens is 3. The Morgan fingerprint density at radius 2 is 1.84 bits per heavy atom. The Balaban J connectivity index is 0.00000289. The van der Waals surface area contributed by atoms with E-state index >= 15 is 0 Å². The Morgan fingerprint density at radius 1 is 1.06 bits per heavy atom. The van der Waals surface area contributed by atoms with Crippen LogP contribution >= 0.6 is 24.0 Å². The van der Waals surface area contributed by atoms with E-state index in [0.29, 0.717) is 18.5 Å². The number of rotatable bonds is 7. The van der Waals surface area contributed by atoms with Gasteiger partial charge in [-0.3, -0.25) is 9.30 Å². The summed E-state index contributed by atoms with van der Waals surface area (Å²) < 4.78 is 1.98. The van der Waals surface area contributed by atoms with E-state index < -0.39 is 0 Å². The Kier molecular flexibility index (Phi) is 8.86. The predicted octanol–water partition coefficient (Wildman–Crippen LogP) is 3.49. The first-order valence-corrected chi connectivity index (χ1v) is 11.3. The number of nitrogens with zero attached hydrogens (tertiary/aromatic N) is 5. The standard InChI is InChI=1S/C24H33N7.HI/c1-4-25-24(27-16-23-29-28-22-11-7-8-13-31(22)23)26-15-21(18(2)3)30-14-12-19-9-5-6-10-20(19)17-30;/h5-11,13,18,21H,4,12,14-17H2,1-3H3,(H2,25,26,27);1H. The molecule has 1 aliphatic heterocycles. The molecule has 3 aromatic rings. The van der Waals surface area contributed by atoms with Gasteiger partial charge in [0.25, 0.3) is 0 Å². The summed E-state index contributed by atoms with van der Waals surface area (Å²) in [5.41, 5.74) is 3.79. The number of hydrogen-bond donors (Lipinski definition) is 2. The number of fused-ring (bicyclic) bond motifs is 2. The summed E-state index contributed by atoms with van der Waals surface area (Å²) in [4.78, 5) is 7.38. The largest absolute Gasteiger partial charge is 0.357 e. The third-order valence-corrected chi connectivity index (χ3v) is 5.98. The molecule has 3 heterocycles. The van der Waals surface area contributed by atoms with Gasteiger partial charge in [-0.25, -0.2) is 4.99 Å². The average Bonchev–Trinajstić information content (AvgIpc) is 3.20. The lowest BCUT2D eigenvalue weighted by atomic mass is 9.95. The van der Waals surface area contributed by atoms with Crippen LogP contribution in [0.25, 0.3) is 5.65 Å². The van der Waals surface area contributed by atoms with Crippen LogP contribution in [0.15, 0.2) is 53.7 Å². The summed E-state index contributed by atoms with van der Waals surface area (Å²) in [5, 5.41) is 15.4. The van der Waals surface area contributed by atoms with E-state index in [1.165, 1.54) is 11.1 Å². The maximum atomic E-state index is 4.77. The normalized spacial score (nSPS) is 15.3. The molecule has 1 aromatic carbocycles. The Morgan fingerprint density at radius 3 is 2.62 bits per heavy atom. The molecule has 0 fully saturated rings. The second-order valence-electron chi connectivity index (χ2n) is 8.42. The third kappa shape index (κ3) is 5.78. The molecule has 7 nitrogen and oxygen atoms in total. The van der Waals surface area contributed by atoms with E-state index in [4.69, 9.17) is 4.99 Å². The zero-order chi connectivity index (χ0) is 21.6. The van der Waals surface area contributed by atoms with Crippen LogP contribution in [0.5, 0.6) is 0 Å². The summed E-state index contributed by atoms with van der Waals surface area (Å²) in [6.07, 6.45) is 3.09. The van der Waals surface area contributed by atoms with Gasteiger partial charge >= 0.3 is 0 Å². The minimum atomic E-state index is 0. The summed E-state index contributed by atoms with van der Waals surface area (Å²) >= 11 is 0. The van der Waals surface area contributed by atoms with Crippen LogP contribution < -0.4 is 10.6 Å². The van der Waals surface area contributed by atoms with Gasteiger partial charge in [0, 0.05) is 38.4 Å². The first-order valence-electron chi connectivity index (χ1n) is 11.3. The van der Waals surface area contributed by atoms with E-state index in [9.17, 15) is 0 Å². The molecule has 0 saturated carbocycles. The van der Waals surface area contributed by atoms with Gasteiger partial charge in [-0.1, -0.05) is 44.2 Å². The highest BCUT2D eigenvalue weighted by atomic mass is 127. The van der Waals surface area contributed by atoms with Crippen LogP contribution in [0.1, 0.15) is 37.7 Å². The van der Waals surface area contributed by atoms with Crippen molar-refractivity contribution in [2.45, 2.75) is 46.3 Å². The fourth-order valence-corrected chi connectivity index (χ4v) is 4.28. The zero-order valence-corrected chi connectivity index (χ0v) is 21.5. The monoisotopic (exact) mass is 547 g/mol. The Bertz CT molecular complexity index is 1030. The molecule has 2 N–H and O–H groups in total. The maximum Gasteiger partial charge on any atom is 0.191 e. The number of benzene rings is 1. The highest BCUT2D eigenvalue weighted by Crippen LogP contribution is 2.22. The lowest BCUT2D eigenvalue weighted by Crippen LogP contribution is -2.50. The molecule has 2 aromatic heterocycles. The van der Waals surface area contributed by atoms with Crippen LogP contribution in [-0.2, 0) is 19.5 Å². The van der Waals surface area contributed by atoms with Crippen LogP contribution in [0.3, 0.4) is 0 Å². The zero-order valence-electron chi connectivity index (χ0n) is 19.2. The molecule has 32 heavy (non-hydrogen) atoms. The number of guanidine groups is 1. The summed E-state index contributed by atoms with van der Waals surface area (Å²) in [6, 6.07) is 15.2. The lowest BCUT2D eigenvalue weighted by molar-refractivity contribution is 0.140. The van der Waals surface area contributed by atoms with Crippen molar-refractivity contribution in [3.63, 3.8) is 0 Å². The van der Waals surface area contributed by atoms with Crippen molar-refractivity contribution in [2.24, 2.45) is 10.9 Å².